The third-order valence-electron chi connectivity index (χ3n) is 5.35. The number of rotatable bonds is 9. The predicted octanol–water partition coefficient (Wildman–Crippen LogP) is 2.37. The lowest BCUT2D eigenvalue weighted by Crippen LogP contribution is -2.21. The number of nitrogens with zero attached hydrogens (tertiary/aromatic N) is 2. The number of carbonyl (C=O) groups excluding carboxylic acids is 3. The maximum absolute atomic E-state index is 12.4. The molecule has 1 aliphatic rings. The Morgan fingerprint density at radius 1 is 1.10 bits per heavy atom. The third kappa shape index (κ3) is 5.62. The van der Waals surface area contributed by atoms with E-state index in [1.165, 1.54) is 41.8 Å². The van der Waals surface area contributed by atoms with E-state index in [9.17, 15) is 14.4 Å². The van der Waals surface area contributed by atoms with Crippen LogP contribution in [0, 0.1) is 6.92 Å². The molecule has 0 unspecified atom stereocenters. The zero-order valence-electron chi connectivity index (χ0n) is 18.0. The van der Waals surface area contributed by atoms with Crippen LogP contribution in [0.25, 0.3) is 0 Å². The molecule has 1 heterocycles. The van der Waals surface area contributed by atoms with E-state index in [1.807, 2.05) is 12.1 Å². The van der Waals surface area contributed by atoms with Crippen molar-refractivity contribution in [2.45, 2.75) is 45.1 Å². The SMILES string of the molecule is COC(=O)CC(CC(=O)OC)n1cc(NC(=O)COc2ccc(C)c3c2CCC3)cn1. The van der Waals surface area contributed by atoms with E-state index in [4.69, 9.17) is 4.74 Å². The minimum absolute atomic E-state index is 0.0533. The lowest BCUT2D eigenvalue weighted by Gasteiger charge is -2.15. The number of benzene rings is 1. The van der Waals surface area contributed by atoms with Gasteiger partial charge in [-0.3, -0.25) is 19.1 Å². The number of aromatic nitrogens is 2. The first-order valence-electron chi connectivity index (χ1n) is 10.1. The second-order valence-corrected chi connectivity index (χ2v) is 7.45. The molecule has 2 aromatic rings. The van der Waals surface area contributed by atoms with Crippen molar-refractivity contribution >= 4 is 23.5 Å². The highest BCUT2D eigenvalue weighted by molar-refractivity contribution is 5.91. The Morgan fingerprint density at radius 3 is 2.45 bits per heavy atom. The number of hydrogen-bond donors (Lipinski definition) is 1. The van der Waals surface area contributed by atoms with Crippen LogP contribution in [-0.4, -0.2) is 48.5 Å². The van der Waals surface area contributed by atoms with Crippen molar-refractivity contribution in [3.05, 3.63) is 41.2 Å². The number of methoxy groups -OCH3 is 2. The molecule has 1 aromatic heterocycles. The summed E-state index contributed by atoms with van der Waals surface area (Å²) in [6.45, 7) is 1.96. The summed E-state index contributed by atoms with van der Waals surface area (Å²) < 4.78 is 16.6. The van der Waals surface area contributed by atoms with Crippen molar-refractivity contribution in [3.63, 3.8) is 0 Å². The number of amides is 1. The molecule has 1 N–H and O–H groups in total. The van der Waals surface area contributed by atoms with E-state index in [0.29, 0.717) is 5.69 Å². The van der Waals surface area contributed by atoms with Crippen LogP contribution in [0.2, 0.25) is 0 Å². The highest BCUT2D eigenvalue weighted by Crippen LogP contribution is 2.33. The van der Waals surface area contributed by atoms with E-state index in [1.54, 1.807) is 6.20 Å². The molecule has 0 bridgehead atoms. The van der Waals surface area contributed by atoms with Gasteiger partial charge in [0.25, 0.3) is 5.91 Å². The Morgan fingerprint density at radius 2 is 1.77 bits per heavy atom. The van der Waals surface area contributed by atoms with Gasteiger partial charge >= 0.3 is 11.9 Å². The first-order valence-corrected chi connectivity index (χ1v) is 10.1. The largest absolute Gasteiger partial charge is 0.483 e. The van der Waals surface area contributed by atoms with Crippen molar-refractivity contribution < 1.29 is 28.6 Å². The topological polar surface area (TPSA) is 109 Å². The van der Waals surface area contributed by atoms with E-state index < -0.39 is 18.0 Å². The summed E-state index contributed by atoms with van der Waals surface area (Å²) in [5.74, 6) is -0.535. The van der Waals surface area contributed by atoms with Crippen molar-refractivity contribution in [1.82, 2.24) is 9.78 Å². The van der Waals surface area contributed by atoms with Crippen LogP contribution in [0.4, 0.5) is 5.69 Å². The number of aryl methyl sites for hydroxylation is 1. The minimum Gasteiger partial charge on any atom is -0.483 e. The van der Waals surface area contributed by atoms with Crippen LogP contribution >= 0.6 is 0 Å². The van der Waals surface area contributed by atoms with Crippen LogP contribution in [0.1, 0.15) is 42.0 Å². The maximum Gasteiger partial charge on any atom is 0.307 e. The second-order valence-electron chi connectivity index (χ2n) is 7.45. The Kier molecular flexibility index (Phi) is 7.28. The third-order valence-corrected chi connectivity index (χ3v) is 5.35. The first-order chi connectivity index (χ1) is 14.9. The van der Waals surface area contributed by atoms with Gasteiger partial charge in [-0.15, -0.1) is 0 Å². The van der Waals surface area contributed by atoms with Gasteiger partial charge < -0.3 is 19.5 Å². The number of esters is 2. The Balaban J connectivity index is 1.60. The maximum atomic E-state index is 12.4. The summed E-state index contributed by atoms with van der Waals surface area (Å²) in [6, 6.07) is 3.34. The highest BCUT2D eigenvalue weighted by Gasteiger charge is 2.22. The van der Waals surface area contributed by atoms with Gasteiger partial charge in [0.2, 0.25) is 0 Å². The molecule has 0 atom stereocenters. The highest BCUT2D eigenvalue weighted by atomic mass is 16.5. The smallest absolute Gasteiger partial charge is 0.307 e. The van der Waals surface area contributed by atoms with Crippen LogP contribution in [0.3, 0.4) is 0 Å². The molecule has 1 aliphatic carbocycles. The summed E-state index contributed by atoms with van der Waals surface area (Å²) in [5.41, 5.74) is 4.20. The van der Waals surface area contributed by atoms with Gasteiger partial charge in [-0.05, 0) is 48.9 Å². The fourth-order valence-corrected chi connectivity index (χ4v) is 3.74. The molecular formula is C22H27N3O6. The van der Waals surface area contributed by atoms with Gasteiger partial charge in [0, 0.05) is 6.20 Å². The molecule has 1 amide bonds. The zero-order valence-corrected chi connectivity index (χ0v) is 18.0. The van der Waals surface area contributed by atoms with E-state index >= 15 is 0 Å². The lowest BCUT2D eigenvalue weighted by molar-refractivity contribution is -0.144. The fraction of sp³-hybridized carbons (Fsp3) is 0.455. The average molecular weight is 429 g/mol. The molecule has 9 heteroatoms. The van der Waals surface area contributed by atoms with E-state index in [-0.39, 0.29) is 25.4 Å². The molecule has 1 aromatic carbocycles. The molecule has 3 rings (SSSR count). The number of nitrogens with one attached hydrogen (secondary N) is 1. The number of anilines is 1. The van der Waals surface area contributed by atoms with Gasteiger partial charge in [-0.1, -0.05) is 6.07 Å². The number of ether oxygens (including phenoxy) is 3. The van der Waals surface area contributed by atoms with Crippen molar-refractivity contribution in [1.29, 1.82) is 0 Å². The van der Waals surface area contributed by atoms with Gasteiger partial charge in [0.05, 0.1) is 45.0 Å². The van der Waals surface area contributed by atoms with Crippen LogP contribution < -0.4 is 10.1 Å². The Hall–Kier alpha value is -3.36. The van der Waals surface area contributed by atoms with E-state index in [2.05, 4.69) is 26.8 Å². The molecule has 0 radical (unpaired) electrons. The summed E-state index contributed by atoms with van der Waals surface area (Å²) in [5, 5.41) is 6.89. The minimum atomic E-state index is -0.586. The first kappa shape index (κ1) is 22.3. The summed E-state index contributed by atoms with van der Waals surface area (Å²) >= 11 is 0. The monoisotopic (exact) mass is 429 g/mol. The molecule has 9 nitrogen and oxygen atoms in total. The second kappa shape index (κ2) is 10.1. The van der Waals surface area contributed by atoms with Crippen molar-refractivity contribution in [2.24, 2.45) is 0 Å². The zero-order chi connectivity index (χ0) is 22.4. The molecular weight excluding hydrogens is 402 g/mol. The predicted molar refractivity (Wildman–Crippen MR) is 112 cm³/mol. The number of hydrogen-bond acceptors (Lipinski definition) is 7. The lowest BCUT2D eigenvalue weighted by atomic mass is 10.0. The Bertz CT molecular complexity index is 950. The van der Waals surface area contributed by atoms with Crippen molar-refractivity contribution in [3.8, 4) is 5.75 Å². The number of fused-ring (bicyclic) bond motifs is 1. The molecule has 0 saturated heterocycles. The molecule has 31 heavy (non-hydrogen) atoms. The summed E-state index contributed by atoms with van der Waals surface area (Å²) in [4.78, 5) is 35.7. The standard InChI is InChI=1S/C22H27N3O6/c1-14-7-8-19(18-6-4-5-17(14)18)31-13-20(26)24-15-11-23-25(12-15)16(9-21(27)29-2)10-22(28)30-3/h7-8,11-12,16H,4-6,9-10,13H2,1-3H3,(H,24,26). The van der Waals surface area contributed by atoms with Gasteiger partial charge in [0.15, 0.2) is 6.61 Å². The van der Waals surface area contributed by atoms with Gasteiger partial charge in [0.1, 0.15) is 5.75 Å². The molecule has 0 aliphatic heterocycles. The van der Waals surface area contributed by atoms with Crippen LogP contribution in [0.5, 0.6) is 5.75 Å². The number of carbonyl (C=O) groups is 3. The molecule has 0 saturated carbocycles. The summed E-state index contributed by atoms with van der Waals surface area (Å²) in [6.07, 6.45) is 6.00. The average Bonchev–Trinajstić information content (AvgIpc) is 3.43. The Labute approximate surface area is 180 Å². The fourth-order valence-electron chi connectivity index (χ4n) is 3.74. The molecule has 0 spiro atoms. The quantitative estimate of drug-likeness (QED) is 0.610. The molecule has 0 fully saturated rings. The normalized spacial score (nSPS) is 12.4. The van der Waals surface area contributed by atoms with Crippen LogP contribution in [-0.2, 0) is 36.7 Å². The molecule has 166 valence electrons. The van der Waals surface area contributed by atoms with E-state index in [0.717, 1.165) is 25.0 Å². The van der Waals surface area contributed by atoms with Crippen molar-refractivity contribution in [2.75, 3.05) is 26.1 Å². The van der Waals surface area contributed by atoms with Gasteiger partial charge in [-0.2, -0.15) is 5.10 Å². The van der Waals surface area contributed by atoms with Crippen LogP contribution in [0.15, 0.2) is 24.5 Å². The van der Waals surface area contributed by atoms with Gasteiger partial charge in [-0.25, -0.2) is 0 Å². The summed E-state index contributed by atoms with van der Waals surface area (Å²) in [7, 11) is 2.55.